The van der Waals surface area contributed by atoms with Gasteiger partial charge >= 0.3 is 11.9 Å². The van der Waals surface area contributed by atoms with Gasteiger partial charge in [0.25, 0.3) is 0 Å². The van der Waals surface area contributed by atoms with Crippen LogP contribution in [0.2, 0.25) is 0 Å². The van der Waals surface area contributed by atoms with Crippen molar-refractivity contribution in [3.05, 3.63) is 150 Å². The second-order valence-corrected chi connectivity index (χ2v) is 11.6. The van der Waals surface area contributed by atoms with Gasteiger partial charge in [-0.25, -0.2) is 4.79 Å². The molecule has 0 radical (unpaired) electrons. The van der Waals surface area contributed by atoms with Crippen molar-refractivity contribution in [2.45, 2.75) is 38.5 Å². The molecule has 0 aliphatic carbocycles. The smallest absolute Gasteiger partial charge is 0.333 e. The standard InChI is InChI=1S/C25H25NO5.C16H17NO2/c1-2-29-24(25(27)28)17-18-11-13-19(14-12-18)30-16-15-26-20-7-3-5-9-22(20)31-23-10-6-4-8-21(23)26;17-15(11-13-7-3-1-4-8-13)16(18)19-12-14-9-5-2-6-10-14/h3-14,24H,2,15-17H2,1H3,(H,27,28);1-10,15H,11-12,17H2/t;15-/m.0/s1. The Morgan fingerprint density at radius 3 is 1.84 bits per heavy atom. The van der Waals surface area contributed by atoms with Gasteiger partial charge in [0.2, 0.25) is 0 Å². The molecule has 50 heavy (non-hydrogen) atoms. The lowest BCUT2D eigenvalue weighted by molar-refractivity contribution is -0.150. The lowest BCUT2D eigenvalue weighted by atomic mass is 10.1. The zero-order valence-electron chi connectivity index (χ0n) is 28.0. The fourth-order valence-corrected chi connectivity index (χ4v) is 5.42. The lowest BCUT2D eigenvalue weighted by Crippen LogP contribution is -2.34. The number of carbonyl (C=O) groups is 2. The van der Waals surface area contributed by atoms with Gasteiger partial charge in [0.15, 0.2) is 17.6 Å². The monoisotopic (exact) mass is 674 g/mol. The first-order valence-electron chi connectivity index (χ1n) is 16.6. The first-order valence-corrected chi connectivity index (χ1v) is 16.6. The summed E-state index contributed by atoms with van der Waals surface area (Å²) in [6.07, 6.45) is -0.0163. The summed E-state index contributed by atoms with van der Waals surface area (Å²) in [7, 11) is 0. The summed E-state index contributed by atoms with van der Waals surface area (Å²) in [4.78, 5) is 25.2. The van der Waals surface area contributed by atoms with E-state index in [1.54, 1.807) is 6.92 Å². The van der Waals surface area contributed by atoms with Crippen LogP contribution < -0.4 is 20.1 Å². The second kappa shape index (κ2) is 18.2. The molecule has 1 aliphatic heterocycles. The summed E-state index contributed by atoms with van der Waals surface area (Å²) in [5, 5.41) is 9.24. The quantitative estimate of drug-likeness (QED) is 0.117. The molecule has 0 amide bonds. The molecule has 9 heteroatoms. The highest BCUT2D eigenvalue weighted by Gasteiger charge is 2.23. The van der Waals surface area contributed by atoms with Gasteiger partial charge in [-0.05, 0) is 66.4 Å². The van der Waals surface area contributed by atoms with Crippen molar-refractivity contribution in [1.82, 2.24) is 0 Å². The molecule has 9 nitrogen and oxygen atoms in total. The Kier molecular flexibility index (Phi) is 13.0. The molecule has 0 fully saturated rings. The van der Waals surface area contributed by atoms with E-state index in [4.69, 9.17) is 24.7 Å². The number of anilines is 2. The number of aliphatic carboxylic acids is 1. The van der Waals surface area contributed by atoms with Crippen LogP contribution in [0.1, 0.15) is 23.6 Å². The first-order chi connectivity index (χ1) is 24.4. The molecule has 1 unspecified atom stereocenters. The Labute approximate surface area is 292 Å². The Balaban J connectivity index is 0.000000219. The normalized spacial score (nSPS) is 12.6. The van der Waals surface area contributed by atoms with Crippen LogP contribution in [0.4, 0.5) is 11.4 Å². The van der Waals surface area contributed by atoms with Crippen LogP contribution in [-0.2, 0) is 38.5 Å². The molecule has 0 aromatic heterocycles. The molecule has 0 saturated heterocycles. The number of benzene rings is 5. The van der Waals surface area contributed by atoms with Crippen LogP contribution in [-0.4, -0.2) is 48.9 Å². The van der Waals surface area contributed by atoms with E-state index in [1.807, 2.05) is 133 Å². The van der Waals surface area contributed by atoms with E-state index in [2.05, 4.69) is 4.90 Å². The summed E-state index contributed by atoms with van der Waals surface area (Å²) in [6, 6.07) is 42.0. The topological polar surface area (TPSA) is 121 Å². The maximum atomic E-state index is 11.8. The van der Waals surface area contributed by atoms with Crippen molar-refractivity contribution in [3.63, 3.8) is 0 Å². The number of carbonyl (C=O) groups excluding carboxylic acids is 1. The highest BCUT2D eigenvalue weighted by molar-refractivity contribution is 5.78. The van der Waals surface area contributed by atoms with Crippen molar-refractivity contribution in [3.8, 4) is 17.2 Å². The van der Waals surface area contributed by atoms with E-state index < -0.39 is 18.1 Å². The van der Waals surface area contributed by atoms with Crippen molar-refractivity contribution >= 4 is 23.3 Å². The number of hydrogen-bond acceptors (Lipinski definition) is 8. The van der Waals surface area contributed by atoms with Crippen LogP contribution in [0.25, 0.3) is 0 Å². The van der Waals surface area contributed by atoms with Gasteiger partial charge < -0.3 is 34.7 Å². The van der Waals surface area contributed by atoms with Gasteiger partial charge in [-0.2, -0.15) is 0 Å². The third kappa shape index (κ3) is 10.2. The molecular formula is C41H42N2O7. The molecule has 5 aromatic carbocycles. The minimum atomic E-state index is -0.951. The number of nitrogens with two attached hydrogens (primary N) is 1. The summed E-state index contributed by atoms with van der Waals surface area (Å²) >= 11 is 0. The van der Waals surface area contributed by atoms with E-state index >= 15 is 0 Å². The van der Waals surface area contributed by atoms with Crippen LogP contribution >= 0.6 is 0 Å². The summed E-state index contributed by atoms with van der Waals surface area (Å²) in [5.74, 6) is 1.07. The fourth-order valence-electron chi connectivity index (χ4n) is 5.42. The Bertz CT molecular complexity index is 1750. The molecule has 1 aliphatic rings. The number of hydrogen-bond donors (Lipinski definition) is 2. The molecule has 1 heterocycles. The predicted octanol–water partition coefficient (Wildman–Crippen LogP) is 7.34. The van der Waals surface area contributed by atoms with Gasteiger partial charge in [0, 0.05) is 13.0 Å². The fraction of sp³-hybridized carbons (Fsp3) is 0.220. The maximum absolute atomic E-state index is 11.8. The van der Waals surface area contributed by atoms with Gasteiger partial charge in [-0.3, -0.25) is 4.79 Å². The van der Waals surface area contributed by atoms with E-state index in [0.29, 0.717) is 32.6 Å². The molecule has 5 aromatic rings. The number of carboxylic acids is 1. The SMILES string of the molecule is CCOC(Cc1ccc(OCCN2c3ccccc3Oc3ccccc32)cc1)C(=O)O.N[C@@H](Cc1ccccc1)C(=O)OCc1ccccc1. The lowest BCUT2D eigenvalue weighted by Gasteiger charge is -2.32. The van der Waals surface area contributed by atoms with Gasteiger partial charge in [0.05, 0.1) is 17.9 Å². The molecule has 3 N–H and O–H groups in total. The number of rotatable bonds is 14. The zero-order valence-corrected chi connectivity index (χ0v) is 28.0. The minimum Gasteiger partial charge on any atom is -0.492 e. The van der Waals surface area contributed by atoms with Crippen molar-refractivity contribution in [2.75, 3.05) is 24.7 Å². The Hall–Kier alpha value is -5.64. The highest BCUT2D eigenvalue weighted by atomic mass is 16.5. The van der Waals surface area contributed by atoms with Gasteiger partial charge in [-0.1, -0.05) is 97.1 Å². The Morgan fingerprint density at radius 1 is 0.720 bits per heavy atom. The Morgan fingerprint density at radius 2 is 1.26 bits per heavy atom. The van der Waals surface area contributed by atoms with Gasteiger partial charge in [0.1, 0.15) is 25.0 Å². The third-order valence-electron chi connectivity index (χ3n) is 7.93. The van der Waals surface area contributed by atoms with E-state index in [9.17, 15) is 14.7 Å². The highest BCUT2D eigenvalue weighted by Crippen LogP contribution is 2.45. The molecule has 0 saturated carbocycles. The molecule has 6 rings (SSSR count). The predicted molar refractivity (Wildman–Crippen MR) is 193 cm³/mol. The summed E-state index contributed by atoms with van der Waals surface area (Å²) in [6.45, 7) is 3.57. The largest absolute Gasteiger partial charge is 0.492 e. The summed E-state index contributed by atoms with van der Waals surface area (Å²) in [5.41, 5.74) is 10.7. The number of esters is 1. The van der Waals surface area contributed by atoms with Crippen LogP contribution in [0, 0.1) is 0 Å². The van der Waals surface area contributed by atoms with Gasteiger partial charge in [-0.15, -0.1) is 0 Å². The van der Waals surface area contributed by atoms with Crippen molar-refractivity contribution in [1.29, 1.82) is 0 Å². The van der Waals surface area contributed by atoms with Crippen LogP contribution in [0.5, 0.6) is 17.2 Å². The van der Waals surface area contributed by atoms with E-state index in [-0.39, 0.29) is 12.6 Å². The average Bonchev–Trinajstić information content (AvgIpc) is 3.15. The number of nitrogens with zero attached hydrogens (tertiary/aromatic N) is 1. The molecule has 0 spiro atoms. The number of carboxylic acid groups (broad SMARTS) is 1. The molecular weight excluding hydrogens is 632 g/mol. The van der Waals surface area contributed by atoms with E-state index in [0.717, 1.165) is 45.3 Å². The second-order valence-electron chi connectivity index (χ2n) is 11.6. The van der Waals surface area contributed by atoms with Crippen molar-refractivity contribution in [2.24, 2.45) is 5.73 Å². The molecule has 2 atom stereocenters. The number of para-hydroxylation sites is 4. The van der Waals surface area contributed by atoms with E-state index in [1.165, 1.54) is 0 Å². The minimum absolute atomic E-state index is 0.266. The zero-order chi connectivity index (χ0) is 35.1. The van der Waals surface area contributed by atoms with Crippen LogP contribution in [0.3, 0.4) is 0 Å². The molecule has 0 bridgehead atoms. The number of ether oxygens (including phenoxy) is 4. The first kappa shape index (κ1) is 35.7. The maximum Gasteiger partial charge on any atom is 0.333 e. The average molecular weight is 675 g/mol. The third-order valence-corrected chi connectivity index (χ3v) is 7.93. The molecule has 258 valence electrons. The van der Waals surface area contributed by atoms with Crippen LogP contribution in [0.15, 0.2) is 133 Å². The summed E-state index contributed by atoms with van der Waals surface area (Å²) < 4.78 is 22.5. The van der Waals surface area contributed by atoms with Crippen molar-refractivity contribution < 1.29 is 33.6 Å². The number of fused-ring (bicyclic) bond motifs is 2.